The summed E-state index contributed by atoms with van der Waals surface area (Å²) in [5.41, 5.74) is -0.257. The van der Waals surface area contributed by atoms with Crippen LogP contribution < -0.4 is 10.1 Å². The van der Waals surface area contributed by atoms with Crippen LogP contribution in [0.15, 0.2) is 24.3 Å². The maximum Gasteiger partial charge on any atom is 0.344 e. The van der Waals surface area contributed by atoms with E-state index in [1.165, 1.54) is 31.4 Å². The molecule has 0 spiro atoms. The number of methoxy groups -OCH3 is 1. The first-order valence-corrected chi connectivity index (χ1v) is 6.32. The molecule has 0 aromatic heterocycles. The second-order valence-electron chi connectivity index (χ2n) is 4.02. The number of ether oxygens (including phenoxy) is 3. The highest BCUT2D eigenvalue weighted by Gasteiger charge is 2.15. The Labute approximate surface area is 126 Å². The predicted octanol–water partition coefficient (Wildman–Crippen LogP) is 0.279. The lowest BCUT2D eigenvalue weighted by molar-refractivity contribution is -0.385. The molecule has 0 fully saturated rings. The van der Waals surface area contributed by atoms with E-state index in [1.54, 1.807) is 0 Å². The van der Waals surface area contributed by atoms with Crippen LogP contribution in [0.25, 0.3) is 0 Å². The van der Waals surface area contributed by atoms with Gasteiger partial charge in [0.05, 0.1) is 11.5 Å². The minimum atomic E-state index is -0.806. The SMILES string of the molecule is COCCNC(=O)COC(=O)COc1ccccc1[N+](=O)[O-]. The van der Waals surface area contributed by atoms with Gasteiger partial charge >= 0.3 is 11.7 Å². The third-order valence-corrected chi connectivity index (χ3v) is 2.40. The standard InChI is InChI=1S/C13H16N2O7/c1-20-7-6-14-12(16)8-22-13(17)9-21-11-5-3-2-4-10(11)15(18)19/h2-5H,6-9H2,1H3,(H,14,16). The molecular weight excluding hydrogens is 296 g/mol. The molecule has 22 heavy (non-hydrogen) atoms. The summed E-state index contributed by atoms with van der Waals surface area (Å²) in [4.78, 5) is 32.8. The Hall–Kier alpha value is -2.68. The maximum atomic E-state index is 11.4. The molecule has 0 saturated heterocycles. The van der Waals surface area contributed by atoms with Crippen molar-refractivity contribution in [1.29, 1.82) is 0 Å². The fraction of sp³-hybridized carbons (Fsp3) is 0.385. The molecule has 9 heteroatoms. The van der Waals surface area contributed by atoms with Gasteiger partial charge in [0.25, 0.3) is 5.91 Å². The Morgan fingerprint density at radius 2 is 2.00 bits per heavy atom. The summed E-state index contributed by atoms with van der Waals surface area (Å²) >= 11 is 0. The van der Waals surface area contributed by atoms with Crippen LogP contribution in [0.4, 0.5) is 5.69 Å². The second kappa shape index (κ2) is 9.29. The molecule has 120 valence electrons. The number of para-hydroxylation sites is 2. The molecule has 1 amide bonds. The zero-order valence-corrected chi connectivity index (χ0v) is 11.9. The monoisotopic (exact) mass is 312 g/mol. The Kier molecular flexibility index (Phi) is 7.34. The number of amides is 1. The fourth-order valence-electron chi connectivity index (χ4n) is 1.40. The molecule has 0 bridgehead atoms. The van der Waals surface area contributed by atoms with E-state index in [-0.39, 0.29) is 11.4 Å². The molecular formula is C13H16N2O7. The molecule has 1 rings (SSSR count). The van der Waals surface area contributed by atoms with Gasteiger partial charge in [-0.1, -0.05) is 12.1 Å². The van der Waals surface area contributed by atoms with Crippen LogP contribution in [0, 0.1) is 10.1 Å². The number of carbonyl (C=O) groups is 2. The molecule has 0 unspecified atom stereocenters. The van der Waals surface area contributed by atoms with E-state index in [2.05, 4.69) is 10.1 Å². The fourth-order valence-corrected chi connectivity index (χ4v) is 1.40. The number of esters is 1. The highest BCUT2D eigenvalue weighted by atomic mass is 16.6. The average Bonchev–Trinajstić information content (AvgIpc) is 2.51. The van der Waals surface area contributed by atoms with Gasteiger partial charge < -0.3 is 19.5 Å². The number of hydrogen-bond donors (Lipinski definition) is 1. The van der Waals surface area contributed by atoms with Crippen molar-refractivity contribution < 1.29 is 28.7 Å². The number of nitro benzene ring substituents is 1. The third kappa shape index (κ3) is 6.18. The smallest absolute Gasteiger partial charge is 0.344 e. The molecule has 1 N–H and O–H groups in total. The number of carbonyl (C=O) groups excluding carboxylic acids is 2. The van der Waals surface area contributed by atoms with Gasteiger partial charge in [-0.25, -0.2) is 4.79 Å². The van der Waals surface area contributed by atoms with Crippen molar-refractivity contribution in [2.45, 2.75) is 0 Å². The first-order chi connectivity index (χ1) is 10.5. The normalized spacial score (nSPS) is 9.86. The summed E-state index contributed by atoms with van der Waals surface area (Å²) in [6, 6.07) is 5.64. The topological polar surface area (TPSA) is 117 Å². The van der Waals surface area contributed by atoms with Crippen LogP contribution in [0.5, 0.6) is 5.75 Å². The van der Waals surface area contributed by atoms with Gasteiger partial charge in [0.1, 0.15) is 0 Å². The number of nitrogens with zero attached hydrogens (tertiary/aromatic N) is 1. The minimum Gasteiger partial charge on any atom is -0.475 e. The van der Waals surface area contributed by atoms with Crippen molar-refractivity contribution in [3.63, 3.8) is 0 Å². The average molecular weight is 312 g/mol. The largest absolute Gasteiger partial charge is 0.475 e. The number of rotatable bonds is 9. The first-order valence-electron chi connectivity index (χ1n) is 6.32. The Morgan fingerprint density at radius 1 is 1.27 bits per heavy atom. The Bertz CT molecular complexity index is 533. The van der Waals surface area contributed by atoms with E-state index in [1.807, 2.05) is 0 Å². The van der Waals surface area contributed by atoms with Gasteiger partial charge in [0, 0.05) is 19.7 Å². The van der Waals surface area contributed by atoms with Gasteiger partial charge in [-0.05, 0) is 6.07 Å². The molecule has 0 aliphatic carbocycles. The van der Waals surface area contributed by atoms with Gasteiger partial charge in [-0.15, -0.1) is 0 Å². The van der Waals surface area contributed by atoms with Crippen molar-refractivity contribution in [3.8, 4) is 5.75 Å². The van der Waals surface area contributed by atoms with E-state index in [9.17, 15) is 19.7 Å². The lowest BCUT2D eigenvalue weighted by atomic mass is 10.3. The first kappa shape index (κ1) is 17.4. The van der Waals surface area contributed by atoms with E-state index >= 15 is 0 Å². The van der Waals surface area contributed by atoms with Crippen LogP contribution in [-0.4, -0.2) is 50.3 Å². The summed E-state index contributed by atoms with van der Waals surface area (Å²) in [5.74, 6) is -1.33. The third-order valence-electron chi connectivity index (χ3n) is 2.40. The van der Waals surface area contributed by atoms with Gasteiger partial charge in [-0.2, -0.15) is 0 Å². The van der Waals surface area contributed by atoms with Crippen molar-refractivity contribution in [3.05, 3.63) is 34.4 Å². The molecule has 0 aliphatic rings. The second-order valence-corrected chi connectivity index (χ2v) is 4.02. The van der Waals surface area contributed by atoms with Crippen LogP contribution >= 0.6 is 0 Å². The summed E-state index contributed by atoms with van der Waals surface area (Å²) in [6.45, 7) is -0.334. The van der Waals surface area contributed by atoms with E-state index in [4.69, 9.17) is 9.47 Å². The highest BCUT2D eigenvalue weighted by Crippen LogP contribution is 2.25. The lowest BCUT2D eigenvalue weighted by Gasteiger charge is -2.07. The molecule has 1 aromatic rings. The van der Waals surface area contributed by atoms with Crippen LogP contribution in [0.1, 0.15) is 0 Å². The summed E-state index contributed by atoms with van der Waals surface area (Å²) in [6.07, 6.45) is 0. The molecule has 9 nitrogen and oxygen atoms in total. The zero-order chi connectivity index (χ0) is 16.4. The predicted molar refractivity (Wildman–Crippen MR) is 74.4 cm³/mol. The number of nitrogens with one attached hydrogen (secondary N) is 1. The van der Waals surface area contributed by atoms with E-state index < -0.39 is 30.0 Å². The van der Waals surface area contributed by atoms with E-state index in [0.29, 0.717) is 13.2 Å². The van der Waals surface area contributed by atoms with Crippen LogP contribution in [-0.2, 0) is 19.1 Å². The van der Waals surface area contributed by atoms with Crippen molar-refractivity contribution in [2.24, 2.45) is 0 Å². The summed E-state index contributed by atoms with van der Waals surface area (Å²) in [7, 11) is 1.49. The zero-order valence-electron chi connectivity index (χ0n) is 11.9. The number of benzene rings is 1. The maximum absolute atomic E-state index is 11.4. The van der Waals surface area contributed by atoms with Crippen molar-refractivity contribution in [2.75, 3.05) is 33.5 Å². The summed E-state index contributed by atoms with van der Waals surface area (Å²) in [5, 5.41) is 13.2. The number of nitro groups is 1. The van der Waals surface area contributed by atoms with Crippen LogP contribution in [0.2, 0.25) is 0 Å². The van der Waals surface area contributed by atoms with Gasteiger partial charge in [-0.3, -0.25) is 14.9 Å². The molecule has 0 atom stereocenters. The van der Waals surface area contributed by atoms with Gasteiger partial charge in [0.15, 0.2) is 19.0 Å². The van der Waals surface area contributed by atoms with Crippen molar-refractivity contribution in [1.82, 2.24) is 5.32 Å². The molecule has 0 radical (unpaired) electrons. The quantitative estimate of drug-likeness (QED) is 0.301. The molecule has 1 aromatic carbocycles. The Morgan fingerprint density at radius 3 is 2.68 bits per heavy atom. The van der Waals surface area contributed by atoms with Crippen LogP contribution in [0.3, 0.4) is 0 Å². The lowest BCUT2D eigenvalue weighted by Crippen LogP contribution is -2.32. The number of hydrogen-bond acceptors (Lipinski definition) is 7. The van der Waals surface area contributed by atoms with Crippen molar-refractivity contribution >= 4 is 17.6 Å². The highest BCUT2D eigenvalue weighted by molar-refractivity contribution is 5.80. The molecule has 0 heterocycles. The summed E-state index contributed by atoms with van der Waals surface area (Å²) < 4.78 is 14.4. The molecule has 0 aliphatic heterocycles. The Balaban J connectivity index is 2.35. The minimum absolute atomic E-state index is 0.0472. The van der Waals surface area contributed by atoms with E-state index in [0.717, 1.165) is 0 Å². The molecule has 0 saturated carbocycles. The van der Waals surface area contributed by atoms with Gasteiger partial charge in [0.2, 0.25) is 0 Å².